The van der Waals surface area contributed by atoms with Crippen LogP contribution in [-0.4, -0.2) is 29.8 Å². The lowest BCUT2D eigenvalue weighted by Gasteiger charge is -2.15. The Bertz CT molecular complexity index is 761. The molecule has 2 aromatic heterocycles. The number of hydrogen-bond acceptors (Lipinski definition) is 5. The van der Waals surface area contributed by atoms with Crippen LogP contribution in [0, 0.1) is 13.8 Å². The second-order valence-corrected chi connectivity index (χ2v) is 6.33. The maximum atomic E-state index is 5.49. The first kappa shape index (κ1) is 20.7. The summed E-state index contributed by atoms with van der Waals surface area (Å²) < 4.78 is 10.9. The van der Waals surface area contributed by atoms with Gasteiger partial charge in [0.1, 0.15) is 11.5 Å². The van der Waals surface area contributed by atoms with E-state index >= 15 is 0 Å². The van der Waals surface area contributed by atoms with Crippen LogP contribution >= 0.6 is 0 Å². The monoisotopic (exact) mass is 373 g/mol. The number of aliphatic imine (C=N–C) groups is 1. The summed E-state index contributed by atoms with van der Waals surface area (Å²) in [6.07, 6.45) is 3.49. The van der Waals surface area contributed by atoms with E-state index in [0.29, 0.717) is 13.1 Å². The molecule has 0 aliphatic heterocycles. The highest BCUT2D eigenvalue weighted by Crippen LogP contribution is 2.23. The lowest BCUT2D eigenvalue weighted by atomic mass is 10.1. The van der Waals surface area contributed by atoms with Gasteiger partial charge in [-0.05, 0) is 27.2 Å². The summed E-state index contributed by atoms with van der Waals surface area (Å²) in [5, 5.41) is 10.8. The first-order valence-corrected chi connectivity index (χ1v) is 9.53. The minimum Gasteiger partial charge on any atom is -0.496 e. The van der Waals surface area contributed by atoms with Gasteiger partial charge >= 0.3 is 0 Å². The number of hydrogen-bond donors (Lipinski definition) is 2. The normalized spacial score (nSPS) is 11.6. The quantitative estimate of drug-likeness (QED) is 0.546. The van der Waals surface area contributed by atoms with Crippen LogP contribution in [0.15, 0.2) is 15.7 Å². The Balaban J connectivity index is 2.14. The Morgan fingerprint density at radius 3 is 2.56 bits per heavy atom. The molecule has 2 heterocycles. The molecular weight excluding hydrogens is 342 g/mol. The van der Waals surface area contributed by atoms with E-state index in [9.17, 15) is 0 Å². The Kier molecular flexibility index (Phi) is 7.64. The van der Waals surface area contributed by atoms with Gasteiger partial charge in [0, 0.05) is 35.9 Å². The molecule has 0 aliphatic rings. The Hall–Kier alpha value is -2.57. The Morgan fingerprint density at radius 2 is 1.93 bits per heavy atom. The summed E-state index contributed by atoms with van der Waals surface area (Å²) in [6, 6.07) is 0. The van der Waals surface area contributed by atoms with Crippen LogP contribution < -0.4 is 15.4 Å². The van der Waals surface area contributed by atoms with Crippen molar-refractivity contribution in [3.63, 3.8) is 0 Å². The summed E-state index contributed by atoms with van der Waals surface area (Å²) in [5.74, 6) is 2.53. The topological polar surface area (TPSA) is 84.6 Å². The molecule has 0 radical (unpaired) electrons. The molecule has 0 aliphatic carbocycles. The van der Waals surface area contributed by atoms with Gasteiger partial charge in [-0.1, -0.05) is 19.0 Å². The third kappa shape index (κ3) is 4.99. The summed E-state index contributed by atoms with van der Waals surface area (Å²) >= 11 is 0. The number of aromatic nitrogens is 2. The lowest BCUT2D eigenvalue weighted by molar-refractivity contribution is 0.380. The first-order valence-electron chi connectivity index (χ1n) is 9.53. The van der Waals surface area contributed by atoms with Crippen molar-refractivity contribution in [2.24, 2.45) is 4.99 Å². The van der Waals surface area contributed by atoms with Crippen LogP contribution in [0.4, 0.5) is 0 Å². The summed E-state index contributed by atoms with van der Waals surface area (Å²) in [6.45, 7) is 12.1. The highest BCUT2D eigenvalue weighted by atomic mass is 16.5. The third-order valence-electron chi connectivity index (χ3n) is 4.52. The number of guanidine groups is 1. The largest absolute Gasteiger partial charge is 0.496 e. The summed E-state index contributed by atoms with van der Waals surface area (Å²) in [4.78, 5) is 9.25. The molecule has 0 atom stereocenters. The fourth-order valence-electron chi connectivity index (χ4n) is 3.03. The lowest BCUT2D eigenvalue weighted by Crippen LogP contribution is -2.37. The average molecular weight is 374 g/mol. The van der Waals surface area contributed by atoms with Gasteiger partial charge in [-0.15, -0.1) is 0 Å². The molecule has 2 N–H and O–H groups in total. The maximum Gasteiger partial charge on any atom is 0.191 e. The molecule has 0 saturated heterocycles. The molecule has 0 spiro atoms. The van der Waals surface area contributed by atoms with E-state index in [1.54, 1.807) is 7.11 Å². The third-order valence-corrected chi connectivity index (χ3v) is 4.52. The molecule has 0 unspecified atom stereocenters. The zero-order chi connectivity index (χ0) is 19.8. The van der Waals surface area contributed by atoms with E-state index in [0.717, 1.165) is 64.9 Å². The molecule has 0 fully saturated rings. The molecule has 7 heteroatoms. The average Bonchev–Trinajstić information content (AvgIpc) is 3.07. The molecule has 0 saturated carbocycles. The minimum absolute atomic E-state index is 0.537. The fourth-order valence-corrected chi connectivity index (χ4v) is 3.03. The minimum atomic E-state index is 0.537. The fraction of sp³-hybridized carbons (Fsp3) is 0.550. The highest BCUT2D eigenvalue weighted by Gasteiger charge is 2.14. The number of methoxy groups -OCH3 is 1. The van der Waals surface area contributed by atoms with Crippen LogP contribution in [0.1, 0.15) is 54.6 Å². The predicted molar refractivity (Wildman–Crippen MR) is 107 cm³/mol. The molecule has 2 aromatic rings. The van der Waals surface area contributed by atoms with Gasteiger partial charge in [-0.3, -0.25) is 4.98 Å². The molecule has 7 nitrogen and oxygen atoms in total. The van der Waals surface area contributed by atoms with E-state index in [4.69, 9.17) is 14.3 Å². The summed E-state index contributed by atoms with van der Waals surface area (Å²) in [7, 11) is 1.69. The summed E-state index contributed by atoms with van der Waals surface area (Å²) in [5.41, 5.74) is 5.08. The van der Waals surface area contributed by atoms with Gasteiger partial charge in [0.2, 0.25) is 0 Å². The molecule has 0 aromatic carbocycles. The van der Waals surface area contributed by atoms with Gasteiger partial charge in [0.15, 0.2) is 5.96 Å². The SMILES string of the molecule is CCNC(=NCc1c(CC)noc1CC)NCc1ncc(C)c(OC)c1C. The van der Waals surface area contributed by atoms with Crippen molar-refractivity contribution in [3.05, 3.63) is 40.0 Å². The Labute approximate surface area is 161 Å². The van der Waals surface area contributed by atoms with E-state index < -0.39 is 0 Å². The number of pyridine rings is 1. The molecule has 148 valence electrons. The van der Waals surface area contributed by atoms with Crippen LogP contribution in [0.2, 0.25) is 0 Å². The number of rotatable bonds is 8. The van der Waals surface area contributed by atoms with Crippen molar-refractivity contribution in [2.75, 3.05) is 13.7 Å². The molecular formula is C20H31N5O2. The van der Waals surface area contributed by atoms with Crippen LogP contribution in [0.25, 0.3) is 0 Å². The van der Waals surface area contributed by atoms with Crippen LogP contribution in [0.3, 0.4) is 0 Å². The number of aryl methyl sites for hydroxylation is 3. The van der Waals surface area contributed by atoms with Gasteiger partial charge in [-0.2, -0.15) is 0 Å². The van der Waals surface area contributed by atoms with Crippen LogP contribution in [0.5, 0.6) is 5.75 Å². The predicted octanol–water partition coefficient (Wildman–Crippen LogP) is 3.08. The van der Waals surface area contributed by atoms with E-state index in [1.165, 1.54) is 0 Å². The van der Waals surface area contributed by atoms with Crippen molar-refractivity contribution in [1.29, 1.82) is 0 Å². The van der Waals surface area contributed by atoms with Crippen molar-refractivity contribution in [2.45, 2.75) is 60.5 Å². The van der Waals surface area contributed by atoms with Gasteiger partial charge in [-0.25, -0.2) is 4.99 Å². The van der Waals surface area contributed by atoms with E-state index in [-0.39, 0.29) is 0 Å². The maximum absolute atomic E-state index is 5.49. The van der Waals surface area contributed by atoms with Crippen molar-refractivity contribution in [3.8, 4) is 5.75 Å². The van der Waals surface area contributed by atoms with Gasteiger partial charge in [0.05, 0.1) is 31.6 Å². The van der Waals surface area contributed by atoms with Gasteiger partial charge in [0.25, 0.3) is 0 Å². The Morgan fingerprint density at radius 1 is 1.15 bits per heavy atom. The van der Waals surface area contributed by atoms with Crippen molar-refractivity contribution >= 4 is 5.96 Å². The van der Waals surface area contributed by atoms with Crippen molar-refractivity contribution in [1.82, 2.24) is 20.8 Å². The second-order valence-electron chi connectivity index (χ2n) is 6.33. The van der Waals surface area contributed by atoms with E-state index in [1.807, 2.05) is 27.0 Å². The second kappa shape index (κ2) is 9.94. The van der Waals surface area contributed by atoms with Gasteiger partial charge < -0.3 is 19.9 Å². The number of ether oxygens (including phenoxy) is 1. The molecule has 2 rings (SSSR count). The zero-order valence-corrected chi connectivity index (χ0v) is 17.3. The zero-order valence-electron chi connectivity index (χ0n) is 17.3. The van der Waals surface area contributed by atoms with Crippen molar-refractivity contribution < 1.29 is 9.26 Å². The first-order chi connectivity index (χ1) is 13.0. The highest BCUT2D eigenvalue weighted by molar-refractivity contribution is 5.79. The smallest absolute Gasteiger partial charge is 0.191 e. The number of nitrogens with zero attached hydrogens (tertiary/aromatic N) is 3. The number of nitrogens with one attached hydrogen (secondary N) is 2. The molecule has 0 amide bonds. The van der Waals surface area contributed by atoms with Crippen LogP contribution in [-0.2, 0) is 25.9 Å². The standard InChI is InChI=1S/C20H31N5O2/c1-7-16-15(18(8-2)27-25-16)11-23-20(21-9-3)24-12-17-14(5)19(26-6)13(4)10-22-17/h10H,7-9,11-12H2,1-6H3,(H2,21,23,24). The molecule has 27 heavy (non-hydrogen) atoms. The molecule has 0 bridgehead atoms. The van der Waals surface area contributed by atoms with E-state index in [2.05, 4.69) is 34.6 Å².